The summed E-state index contributed by atoms with van der Waals surface area (Å²) in [5.41, 5.74) is 1.96. The highest BCUT2D eigenvalue weighted by molar-refractivity contribution is 5.93. The molecular weight excluding hydrogens is 314 g/mol. The van der Waals surface area contributed by atoms with Crippen LogP contribution in [0.15, 0.2) is 30.5 Å². The second-order valence-corrected chi connectivity index (χ2v) is 7.09. The van der Waals surface area contributed by atoms with Gasteiger partial charge < -0.3 is 10.2 Å². The van der Waals surface area contributed by atoms with E-state index in [0.717, 1.165) is 12.2 Å². The van der Waals surface area contributed by atoms with Crippen LogP contribution in [0.4, 0.5) is 0 Å². The first-order valence-electron chi connectivity index (χ1n) is 9.30. The Labute approximate surface area is 148 Å². The predicted octanol–water partition coefficient (Wildman–Crippen LogP) is 2.47. The Morgan fingerprint density at radius 1 is 1.20 bits per heavy atom. The van der Waals surface area contributed by atoms with E-state index in [1.165, 1.54) is 45.2 Å². The number of amides is 1. The molecule has 2 N–H and O–H groups in total. The highest BCUT2D eigenvalue weighted by Crippen LogP contribution is 2.30. The summed E-state index contributed by atoms with van der Waals surface area (Å²) in [5.74, 6) is 0.485. The SMILES string of the molecule is O=C(NCC1CCCN2CCCCC12)c1cc(-c2ccccn2)n[nH]1. The minimum absolute atomic E-state index is 0.0809. The van der Waals surface area contributed by atoms with Crippen LogP contribution in [0.2, 0.25) is 0 Å². The van der Waals surface area contributed by atoms with E-state index in [4.69, 9.17) is 0 Å². The van der Waals surface area contributed by atoms with Gasteiger partial charge in [-0.15, -0.1) is 0 Å². The van der Waals surface area contributed by atoms with Gasteiger partial charge in [0.05, 0.1) is 5.69 Å². The van der Waals surface area contributed by atoms with Gasteiger partial charge in [-0.2, -0.15) is 5.10 Å². The molecule has 2 aliphatic rings. The zero-order chi connectivity index (χ0) is 17.1. The molecule has 2 aromatic heterocycles. The number of rotatable bonds is 4. The molecule has 2 fully saturated rings. The molecule has 0 radical (unpaired) electrons. The summed E-state index contributed by atoms with van der Waals surface area (Å²) in [7, 11) is 0. The topological polar surface area (TPSA) is 73.9 Å². The summed E-state index contributed by atoms with van der Waals surface area (Å²) in [6.45, 7) is 3.20. The van der Waals surface area contributed by atoms with Crippen molar-refractivity contribution in [3.05, 3.63) is 36.2 Å². The molecule has 4 rings (SSSR count). The number of carbonyl (C=O) groups is 1. The molecule has 2 aliphatic heterocycles. The van der Waals surface area contributed by atoms with Crippen molar-refractivity contribution in [3.63, 3.8) is 0 Å². The Morgan fingerprint density at radius 3 is 3.00 bits per heavy atom. The van der Waals surface area contributed by atoms with E-state index >= 15 is 0 Å². The number of hydrogen-bond acceptors (Lipinski definition) is 4. The number of aromatic amines is 1. The number of nitrogens with one attached hydrogen (secondary N) is 2. The second-order valence-electron chi connectivity index (χ2n) is 7.09. The minimum atomic E-state index is -0.0809. The number of aromatic nitrogens is 3. The first-order chi connectivity index (χ1) is 12.3. The highest BCUT2D eigenvalue weighted by Gasteiger charge is 2.33. The van der Waals surface area contributed by atoms with Gasteiger partial charge in [0.15, 0.2) is 0 Å². The average Bonchev–Trinajstić information content (AvgIpc) is 3.17. The van der Waals surface area contributed by atoms with Crippen LogP contribution in [-0.4, -0.2) is 51.7 Å². The minimum Gasteiger partial charge on any atom is -0.350 e. The second kappa shape index (κ2) is 7.35. The van der Waals surface area contributed by atoms with Gasteiger partial charge in [-0.1, -0.05) is 12.5 Å². The standard InChI is InChI=1S/C19H25N5O/c25-19(17-12-16(22-23-17)15-7-1-3-9-20-15)21-13-14-6-5-11-24-10-4-2-8-18(14)24/h1,3,7,9,12,14,18H,2,4-6,8,10-11,13H2,(H,21,25)(H,22,23). The van der Waals surface area contributed by atoms with E-state index < -0.39 is 0 Å². The van der Waals surface area contributed by atoms with Crippen molar-refractivity contribution in [1.29, 1.82) is 0 Å². The van der Waals surface area contributed by atoms with Crippen molar-refractivity contribution in [3.8, 4) is 11.4 Å². The molecule has 25 heavy (non-hydrogen) atoms. The maximum Gasteiger partial charge on any atom is 0.269 e. The molecular formula is C19H25N5O. The first kappa shape index (κ1) is 16.3. The summed E-state index contributed by atoms with van der Waals surface area (Å²) in [6.07, 6.45) is 8.09. The maximum absolute atomic E-state index is 12.5. The van der Waals surface area contributed by atoms with E-state index in [0.29, 0.717) is 23.3 Å². The smallest absolute Gasteiger partial charge is 0.269 e. The van der Waals surface area contributed by atoms with Crippen LogP contribution in [0.25, 0.3) is 11.4 Å². The third-order valence-corrected chi connectivity index (χ3v) is 5.50. The van der Waals surface area contributed by atoms with Crippen LogP contribution in [-0.2, 0) is 0 Å². The van der Waals surface area contributed by atoms with E-state index in [1.54, 1.807) is 12.3 Å². The molecule has 0 spiro atoms. The van der Waals surface area contributed by atoms with Gasteiger partial charge in [0, 0.05) is 18.8 Å². The molecule has 0 aromatic carbocycles. The summed E-state index contributed by atoms with van der Waals surface area (Å²) < 4.78 is 0. The van der Waals surface area contributed by atoms with Crippen molar-refractivity contribution in [2.45, 2.75) is 38.1 Å². The predicted molar refractivity (Wildman–Crippen MR) is 96.1 cm³/mol. The lowest BCUT2D eigenvalue weighted by Gasteiger charge is -2.44. The summed E-state index contributed by atoms with van der Waals surface area (Å²) in [4.78, 5) is 19.4. The van der Waals surface area contributed by atoms with Crippen LogP contribution < -0.4 is 5.32 Å². The van der Waals surface area contributed by atoms with Gasteiger partial charge in [0.25, 0.3) is 5.91 Å². The number of pyridine rings is 1. The summed E-state index contributed by atoms with van der Waals surface area (Å²) in [6, 6.07) is 8.08. The Morgan fingerprint density at radius 2 is 2.12 bits per heavy atom. The average molecular weight is 339 g/mol. The van der Waals surface area contributed by atoms with Gasteiger partial charge in [-0.05, 0) is 62.9 Å². The number of H-pyrrole nitrogens is 1. The van der Waals surface area contributed by atoms with Crippen LogP contribution in [0.5, 0.6) is 0 Å². The monoisotopic (exact) mass is 339 g/mol. The quantitative estimate of drug-likeness (QED) is 0.897. The number of piperidine rings is 2. The fourth-order valence-electron chi connectivity index (χ4n) is 4.22. The first-order valence-corrected chi connectivity index (χ1v) is 9.30. The van der Waals surface area contributed by atoms with E-state index in [-0.39, 0.29) is 5.91 Å². The third kappa shape index (κ3) is 3.58. The van der Waals surface area contributed by atoms with Crippen molar-refractivity contribution in [2.24, 2.45) is 5.92 Å². The zero-order valence-electron chi connectivity index (χ0n) is 14.4. The Hall–Kier alpha value is -2.21. The molecule has 0 bridgehead atoms. The number of hydrogen-bond donors (Lipinski definition) is 2. The number of fused-ring (bicyclic) bond motifs is 1. The van der Waals surface area contributed by atoms with E-state index in [1.807, 2.05) is 18.2 Å². The van der Waals surface area contributed by atoms with Crippen molar-refractivity contribution in [2.75, 3.05) is 19.6 Å². The van der Waals surface area contributed by atoms with E-state index in [2.05, 4.69) is 25.4 Å². The Bertz CT molecular complexity index is 712. The Balaban J connectivity index is 1.37. The van der Waals surface area contributed by atoms with Gasteiger partial charge >= 0.3 is 0 Å². The van der Waals surface area contributed by atoms with Crippen molar-refractivity contribution < 1.29 is 4.79 Å². The fraction of sp³-hybridized carbons (Fsp3) is 0.526. The molecule has 2 unspecified atom stereocenters. The summed E-state index contributed by atoms with van der Waals surface area (Å²) >= 11 is 0. The molecule has 2 saturated heterocycles. The molecule has 0 saturated carbocycles. The lowest BCUT2D eigenvalue weighted by molar-refractivity contribution is 0.0575. The molecule has 6 nitrogen and oxygen atoms in total. The van der Waals surface area contributed by atoms with E-state index in [9.17, 15) is 4.79 Å². The molecule has 2 aromatic rings. The number of carbonyl (C=O) groups excluding carboxylic acids is 1. The van der Waals surface area contributed by atoms with Crippen LogP contribution >= 0.6 is 0 Å². The van der Waals surface area contributed by atoms with Crippen molar-refractivity contribution in [1.82, 2.24) is 25.4 Å². The zero-order valence-corrected chi connectivity index (χ0v) is 14.4. The number of nitrogens with zero attached hydrogens (tertiary/aromatic N) is 3. The molecule has 4 heterocycles. The fourth-order valence-corrected chi connectivity index (χ4v) is 4.22. The molecule has 1 amide bonds. The van der Waals surface area contributed by atoms with Crippen LogP contribution in [0.3, 0.4) is 0 Å². The largest absolute Gasteiger partial charge is 0.350 e. The molecule has 0 aliphatic carbocycles. The lowest BCUT2D eigenvalue weighted by atomic mass is 9.83. The van der Waals surface area contributed by atoms with Crippen LogP contribution in [0, 0.1) is 5.92 Å². The normalized spacial score (nSPS) is 23.8. The maximum atomic E-state index is 12.5. The lowest BCUT2D eigenvalue weighted by Crippen LogP contribution is -2.51. The van der Waals surface area contributed by atoms with Crippen LogP contribution in [0.1, 0.15) is 42.6 Å². The van der Waals surface area contributed by atoms with Gasteiger partial charge in [0.2, 0.25) is 0 Å². The van der Waals surface area contributed by atoms with Gasteiger partial charge in [-0.3, -0.25) is 14.9 Å². The molecule has 6 heteroatoms. The Kier molecular flexibility index (Phi) is 4.78. The van der Waals surface area contributed by atoms with Gasteiger partial charge in [0.1, 0.15) is 11.4 Å². The van der Waals surface area contributed by atoms with Gasteiger partial charge in [-0.25, -0.2) is 0 Å². The van der Waals surface area contributed by atoms with Crippen molar-refractivity contribution >= 4 is 5.91 Å². The third-order valence-electron chi connectivity index (χ3n) is 5.50. The summed E-state index contributed by atoms with van der Waals surface area (Å²) in [5, 5.41) is 10.2. The highest BCUT2D eigenvalue weighted by atomic mass is 16.1. The molecule has 132 valence electrons. The molecule has 2 atom stereocenters.